The second-order valence-corrected chi connectivity index (χ2v) is 3.90. The topological polar surface area (TPSA) is 84.6 Å². The van der Waals surface area contributed by atoms with Gasteiger partial charge in [0.15, 0.2) is 0 Å². The highest BCUT2D eigenvalue weighted by Gasteiger charge is 2.24. The Bertz CT molecular complexity index is 537. The number of amidine groups is 1. The number of aliphatic imine (C=N–C) groups is 1. The van der Waals surface area contributed by atoms with E-state index in [1.165, 1.54) is 12.1 Å². The van der Waals surface area contributed by atoms with E-state index in [2.05, 4.69) is 10.3 Å². The largest absolute Gasteiger partial charge is 0.309 e. The van der Waals surface area contributed by atoms with Crippen molar-refractivity contribution in [2.24, 2.45) is 4.99 Å². The summed E-state index contributed by atoms with van der Waals surface area (Å²) in [5.41, 5.74) is 1.42. The predicted molar refractivity (Wildman–Crippen MR) is 62.0 cm³/mol. The number of nitrogens with zero attached hydrogens (tertiary/aromatic N) is 2. The second-order valence-electron chi connectivity index (χ2n) is 3.90. The number of aryl methyl sites for hydroxylation is 1. The molecule has 1 aliphatic rings. The van der Waals surface area contributed by atoms with Gasteiger partial charge in [0, 0.05) is 17.7 Å². The van der Waals surface area contributed by atoms with Crippen LogP contribution in [-0.2, 0) is 4.79 Å². The van der Waals surface area contributed by atoms with Gasteiger partial charge in [0.05, 0.1) is 4.92 Å². The van der Waals surface area contributed by atoms with Gasteiger partial charge in [0.25, 0.3) is 5.69 Å². The summed E-state index contributed by atoms with van der Waals surface area (Å²) < 4.78 is 0. The molecular weight excluding hydrogens is 222 g/mol. The molecular formula is C11H11N3O3. The van der Waals surface area contributed by atoms with Crippen LogP contribution in [0.2, 0.25) is 0 Å². The van der Waals surface area contributed by atoms with Crippen molar-refractivity contribution >= 4 is 17.4 Å². The van der Waals surface area contributed by atoms with Crippen LogP contribution in [0.4, 0.5) is 5.69 Å². The molecule has 0 spiro atoms. The van der Waals surface area contributed by atoms with E-state index < -0.39 is 11.0 Å². The van der Waals surface area contributed by atoms with Crippen molar-refractivity contribution in [3.63, 3.8) is 0 Å². The van der Waals surface area contributed by atoms with Crippen LogP contribution in [0.25, 0.3) is 0 Å². The minimum atomic E-state index is -0.469. The minimum absolute atomic E-state index is 0.0119. The lowest BCUT2D eigenvalue weighted by Crippen LogP contribution is -2.28. The molecule has 1 aromatic rings. The number of amides is 1. The Labute approximate surface area is 97.5 Å². The first-order valence-electron chi connectivity index (χ1n) is 5.13. The zero-order valence-electron chi connectivity index (χ0n) is 9.43. The second kappa shape index (κ2) is 3.97. The molecule has 1 atom stereocenters. The lowest BCUT2D eigenvalue weighted by Gasteiger charge is -2.05. The van der Waals surface area contributed by atoms with Crippen molar-refractivity contribution in [3.05, 3.63) is 39.4 Å². The number of rotatable bonds is 2. The number of carbonyl (C=O) groups is 1. The van der Waals surface area contributed by atoms with Gasteiger partial charge in [-0.2, -0.15) is 0 Å². The lowest BCUT2D eigenvalue weighted by molar-refractivity contribution is -0.384. The summed E-state index contributed by atoms with van der Waals surface area (Å²) >= 11 is 0. The van der Waals surface area contributed by atoms with Gasteiger partial charge in [-0.15, -0.1) is 0 Å². The normalized spacial score (nSPS) is 18.8. The summed E-state index contributed by atoms with van der Waals surface area (Å²) in [5, 5.41) is 13.3. The highest BCUT2D eigenvalue weighted by molar-refractivity contribution is 6.14. The molecule has 0 aliphatic carbocycles. The van der Waals surface area contributed by atoms with E-state index >= 15 is 0 Å². The fraction of sp³-hybridized carbons (Fsp3) is 0.273. The van der Waals surface area contributed by atoms with Crippen LogP contribution in [0.15, 0.2) is 23.2 Å². The van der Waals surface area contributed by atoms with Gasteiger partial charge < -0.3 is 5.32 Å². The Kier molecular flexibility index (Phi) is 2.63. The summed E-state index contributed by atoms with van der Waals surface area (Å²) in [6, 6.07) is 4.06. The van der Waals surface area contributed by atoms with E-state index in [0.29, 0.717) is 11.4 Å². The lowest BCUT2D eigenvalue weighted by atomic mass is 10.1. The van der Waals surface area contributed by atoms with Crippen LogP contribution < -0.4 is 5.32 Å². The molecule has 1 aliphatic heterocycles. The van der Waals surface area contributed by atoms with Gasteiger partial charge in [-0.05, 0) is 19.4 Å². The molecule has 0 fully saturated rings. The van der Waals surface area contributed by atoms with Gasteiger partial charge >= 0.3 is 0 Å². The Balaban J connectivity index is 2.45. The zero-order chi connectivity index (χ0) is 12.6. The molecule has 0 saturated carbocycles. The number of non-ortho nitro benzene ring substituents is 1. The van der Waals surface area contributed by atoms with E-state index in [1.54, 1.807) is 13.0 Å². The number of nitro benzene ring substituents is 1. The fourth-order valence-corrected chi connectivity index (χ4v) is 1.62. The molecule has 0 radical (unpaired) electrons. The monoisotopic (exact) mass is 233 g/mol. The number of benzene rings is 1. The van der Waals surface area contributed by atoms with E-state index in [4.69, 9.17) is 0 Å². The van der Waals surface area contributed by atoms with Crippen molar-refractivity contribution < 1.29 is 9.72 Å². The van der Waals surface area contributed by atoms with Crippen molar-refractivity contribution in [1.82, 2.24) is 5.32 Å². The highest BCUT2D eigenvalue weighted by atomic mass is 16.6. The Morgan fingerprint density at radius 2 is 2.18 bits per heavy atom. The van der Waals surface area contributed by atoms with Crippen LogP contribution in [-0.4, -0.2) is 22.7 Å². The number of nitro groups is 1. The average Bonchev–Trinajstić information content (AvgIpc) is 2.59. The molecule has 17 heavy (non-hydrogen) atoms. The van der Waals surface area contributed by atoms with Gasteiger partial charge in [-0.3, -0.25) is 19.9 Å². The Hall–Kier alpha value is -2.24. The molecule has 1 heterocycles. The summed E-state index contributed by atoms with van der Waals surface area (Å²) in [7, 11) is 0. The fourth-order valence-electron chi connectivity index (χ4n) is 1.62. The zero-order valence-corrected chi connectivity index (χ0v) is 9.43. The van der Waals surface area contributed by atoms with Crippen LogP contribution in [0.3, 0.4) is 0 Å². The summed E-state index contributed by atoms with van der Waals surface area (Å²) in [4.78, 5) is 25.7. The SMILES string of the molecule is Cc1ccc([N+](=O)[O-])cc1C1=NC(C)C(=O)N1. The molecule has 0 bridgehead atoms. The average molecular weight is 233 g/mol. The highest BCUT2D eigenvalue weighted by Crippen LogP contribution is 2.19. The maximum Gasteiger partial charge on any atom is 0.270 e. The quantitative estimate of drug-likeness (QED) is 0.614. The molecule has 0 aromatic heterocycles. The standard InChI is InChI=1S/C11H11N3O3/c1-6-3-4-8(14(16)17)5-9(6)10-12-7(2)11(15)13-10/h3-5,7H,1-2H3,(H,12,13,15). The summed E-state index contributed by atoms with van der Waals surface area (Å²) in [6.07, 6.45) is 0. The number of hydrogen-bond acceptors (Lipinski definition) is 4. The molecule has 0 saturated heterocycles. The van der Waals surface area contributed by atoms with Gasteiger partial charge in [-0.25, -0.2) is 0 Å². The maximum atomic E-state index is 11.3. The van der Waals surface area contributed by atoms with E-state index in [1.807, 2.05) is 6.92 Å². The van der Waals surface area contributed by atoms with Crippen molar-refractivity contribution in [2.75, 3.05) is 0 Å². The van der Waals surface area contributed by atoms with Crippen molar-refractivity contribution in [2.45, 2.75) is 19.9 Å². The molecule has 88 valence electrons. The van der Waals surface area contributed by atoms with Crippen LogP contribution in [0, 0.1) is 17.0 Å². The van der Waals surface area contributed by atoms with Gasteiger partial charge in [0.2, 0.25) is 5.91 Å². The van der Waals surface area contributed by atoms with Gasteiger partial charge in [0.1, 0.15) is 11.9 Å². The van der Waals surface area contributed by atoms with Crippen molar-refractivity contribution in [1.29, 1.82) is 0 Å². The maximum absolute atomic E-state index is 11.3. The first-order valence-corrected chi connectivity index (χ1v) is 5.13. The summed E-state index contributed by atoms with van der Waals surface area (Å²) in [6.45, 7) is 3.49. The third-order valence-corrected chi connectivity index (χ3v) is 2.63. The number of nitrogens with one attached hydrogen (secondary N) is 1. The van der Waals surface area contributed by atoms with E-state index in [0.717, 1.165) is 5.56 Å². The molecule has 2 rings (SSSR count). The molecule has 6 nitrogen and oxygen atoms in total. The molecule has 1 amide bonds. The smallest absolute Gasteiger partial charge is 0.270 e. The molecule has 1 N–H and O–H groups in total. The summed E-state index contributed by atoms with van der Waals surface area (Å²) in [5.74, 6) is 0.217. The number of hydrogen-bond donors (Lipinski definition) is 1. The predicted octanol–water partition coefficient (Wildman–Crippen LogP) is 1.17. The molecule has 6 heteroatoms. The first-order chi connectivity index (χ1) is 7.99. The Morgan fingerprint density at radius 1 is 1.47 bits per heavy atom. The Morgan fingerprint density at radius 3 is 2.71 bits per heavy atom. The van der Waals surface area contributed by atoms with Crippen LogP contribution in [0.1, 0.15) is 18.1 Å². The first kappa shape index (κ1) is 11.3. The van der Waals surface area contributed by atoms with E-state index in [9.17, 15) is 14.9 Å². The van der Waals surface area contributed by atoms with E-state index in [-0.39, 0.29) is 11.6 Å². The van der Waals surface area contributed by atoms with Gasteiger partial charge in [-0.1, -0.05) is 6.07 Å². The van der Waals surface area contributed by atoms with Crippen LogP contribution in [0.5, 0.6) is 0 Å². The van der Waals surface area contributed by atoms with Crippen LogP contribution >= 0.6 is 0 Å². The minimum Gasteiger partial charge on any atom is -0.309 e. The third-order valence-electron chi connectivity index (χ3n) is 2.63. The number of carbonyl (C=O) groups excluding carboxylic acids is 1. The molecule has 1 unspecified atom stereocenters. The van der Waals surface area contributed by atoms with Crippen molar-refractivity contribution in [3.8, 4) is 0 Å². The third kappa shape index (κ3) is 2.01. The molecule has 1 aromatic carbocycles.